The van der Waals surface area contributed by atoms with E-state index in [0.29, 0.717) is 43.3 Å². The molecule has 2 aromatic carbocycles. The van der Waals surface area contributed by atoms with Crippen molar-refractivity contribution in [2.75, 3.05) is 46.4 Å². The van der Waals surface area contributed by atoms with E-state index in [1.807, 2.05) is 17.0 Å². The van der Waals surface area contributed by atoms with Crippen molar-refractivity contribution in [1.82, 2.24) is 9.80 Å². The predicted molar refractivity (Wildman–Crippen MR) is 104 cm³/mol. The second kappa shape index (κ2) is 9.18. The quantitative estimate of drug-likeness (QED) is 0.538. The molecule has 1 aliphatic heterocycles. The van der Waals surface area contributed by atoms with Gasteiger partial charge in [0.15, 0.2) is 0 Å². The van der Waals surface area contributed by atoms with Crippen molar-refractivity contribution in [3.8, 4) is 11.5 Å². The number of methoxy groups -OCH3 is 1. The van der Waals surface area contributed by atoms with Crippen LogP contribution < -0.4 is 9.47 Å². The van der Waals surface area contributed by atoms with E-state index in [0.717, 1.165) is 13.1 Å². The summed E-state index contributed by atoms with van der Waals surface area (Å²) in [7, 11) is 1.58. The number of piperazine rings is 1. The number of carbonyl (C=O) groups is 1. The van der Waals surface area contributed by atoms with Gasteiger partial charge in [0.25, 0.3) is 11.6 Å². The number of hydrogen-bond donors (Lipinski definition) is 0. The van der Waals surface area contributed by atoms with Crippen LogP contribution >= 0.6 is 0 Å². The Kier molecular flexibility index (Phi) is 6.44. The molecule has 0 bridgehead atoms. The number of amides is 1. The number of benzene rings is 2. The van der Waals surface area contributed by atoms with E-state index in [1.165, 1.54) is 12.1 Å². The minimum absolute atomic E-state index is 0.00592. The van der Waals surface area contributed by atoms with Crippen LogP contribution in [0.25, 0.3) is 0 Å². The molecule has 1 aliphatic rings. The Morgan fingerprint density at radius 3 is 2.50 bits per heavy atom. The van der Waals surface area contributed by atoms with E-state index >= 15 is 0 Å². The Morgan fingerprint density at radius 2 is 1.79 bits per heavy atom. The lowest BCUT2D eigenvalue weighted by Crippen LogP contribution is -2.49. The van der Waals surface area contributed by atoms with Gasteiger partial charge in [-0.05, 0) is 24.3 Å². The van der Waals surface area contributed by atoms with Crippen LogP contribution in [0.1, 0.15) is 10.4 Å². The molecule has 2 aromatic rings. The summed E-state index contributed by atoms with van der Waals surface area (Å²) in [6, 6.07) is 13.3. The van der Waals surface area contributed by atoms with E-state index in [-0.39, 0.29) is 11.6 Å². The molecule has 148 valence electrons. The van der Waals surface area contributed by atoms with Gasteiger partial charge in [0.2, 0.25) is 0 Å². The second-order valence-electron chi connectivity index (χ2n) is 6.47. The third kappa shape index (κ3) is 4.98. The number of nitro groups is 1. The highest BCUT2D eigenvalue weighted by atomic mass is 16.6. The van der Waals surface area contributed by atoms with E-state index in [1.54, 1.807) is 31.4 Å². The minimum atomic E-state index is -0.439. The molecule has 0 radical (unpaired) electrons. The van der Waals surface area contributed by atoms with Gasteiger partial charge >= 0.3 is 0 Å². The Labute approximate surface area is 163 Å². The maximum atomic E-state index is 12.6. The van der Waals surface area contributed by atoms with Crippen molar-refractivity contribution in [2.45, 2.75) is 0 Å². The molecule has 0 spiro atoms. The summed E-state index contributed by atoms with van der Waals surface area (Å²) in [6.07, 6.45) is 0. The van der Waals surface area contributed by atoms with Crippen LogP contribution in [-0.2, 0) is 0 Å². The van der Waals surface area contributed by atoms with Gasteiger partial charge in [-0.25, -0.2) is 0 Å². The first kappa shape index (κ1) is 19.6. The molecule has 1 fully saturated rings. The van der Waals surface area contributed by atoms with E-state index in [9.17, 15) is 14.9 Å². The van der Waals surface area contributed by atoms with Crippen molar-refractivity contribution in [3.63, 3.8) is 0 Å². The smallest absolute Gasteiger partial charge is 0.273 e. The van der Waals surface area contributed by atoms with Crippen molar-refractivity contribution < 1.29 is 19.2 Å². The van der Waals surface area contributed by atoms with Crippen LogP contribution in [0.4, 0.5) is 5.69 Å². The van der Waals surface area contributed by atoms with Gasteiger partial charge in [0, 0.05) is 44.4 Å². The van der Waals surface area contributed by atoms with E-state index < -0.39 is 4.92 Å². The lowest BCUT2D eigenvalue weighted by molar-refractivity contribution is -0.384. The van der Waals surface area contributed by atoms with E-state index in [4.69, 9.17) is 9.47 Å². The number of carbonyl (C=O) groups excluding carboxylic acids is 1. The summed E-state index contributed by atoms with van der Waals surface area (Å²) in [5.41, 5.74) is 0.643. The molecule has 8 heteroatoms. The molecular formula is C20H23N3O5. The van der Waals surface area contributed by atoms with Crippen LogP contribution in [-0.4, -0.2) is 67.1 Å². The monoisotopic (exact) mass is 385 g/mol. The average molecular weight is 385 g/mol. The fourth-order valence-electron chi connectivity index (χ4n) is 3.09. The summed E-state index contributed by atoms with van der Waals surface area (Å²) < 4.78 is 10.8. The number of nitro benzene ring substituents is 1. The van der Waals surface area contributed by atoms with Crippen molar-refractivity contribution in [3.05, 3.63) is 64.2 Å². The first-order valence-electron chi connectivity index (χ1n) is 9.10. The van der Waals surface area contributed by atoms with Gasteiger partial charge in [-0.15, -0.1) is 0 Å². The van der Waals surface area contributed by atoms with Gasteiger partial charge in [0.1, 0.15) is 18.1 Å². The number of rotatable bonds is 7. The highest BCUT2D eigenvalue weighted by molar-refractivity contribution is 5.94. The Hall–Kier alpha value is -3.13. The molecule has 0 unspecified atom stereocenters. The zero-order valence-corrected chi connectivity index (χ0v) is 15.7. The van der Waals surface area contributed by atoms with Gasteiger partial charge < -0.3 is 14.4 Å². The molecule has 0 saturated carbocycles. The normalized spacial score (nSPS) is 14.5. The van der Waals surface area contributed by atoms with E-state index in [2.05, 4.69) is 4.90 Å². The lowest BCUT2D eigenvalue weighted by atomic mass is 10.1. The van der Waals surface area contributed by atoms with Crippen LogP contribution in [0, 0.1) is 10.1 Å². The third-order valence-corrected chi connectivity index (χ3v) is 4.68. The fraction of sp³-hybridized carbons (Fsp3) is 0.350. The Bertz CT molecular complexity index is 834. The molecule has 0 aliphatic carbocycles. The van der Waals surface area contributed by atoms with Gasteiger partial charge in [-0.1, -0.05) is 12.1 Å². The van der Waals surface area contributed by atoms with Crippen molar-refractivity contribution >= 4 is 11.6 Å². The first-order valence-corrected chi connectivity index (χ1v) is 9.10. The maximum Gasteiger partial charge on any atom is 0.273 e. The summed E-state index contributed by atoms with van der Waals surface area (Å²) in [4.78, 5) is 27.0. The van der Waals surface area contributed by atoms with Crippen LogP contribution in [0.5, 0.6) is 11.5 Å². The Morgan fingerprint density at radius 1 is 1.07 bits per heavy atom. The molecule has 0 N–H and O–H groups in total. The number of hydrogen-bond acceptors (Lipinski definition) is 6. The third-order valence-electron chi connectivity index (χ3n) is 4.68. The molecule has 1 heterocycles. The fourth-order valence-corrected chi connectivity index (χ4v) is 3.09. The summed E-state index contributed by atoms with van der Waals surface area (Å²) in [5, 5.41) is 10.8. The van der Waals surface area contributed by atoms with Gasteiger partial charge in [-0.3, -0.25) is 19.8 Å². The molecule has 0 aromatic heterocycles. The predicted octanol–water partition coefficient (Wildman–Crippen LogP) is 2.44. The molecule has 8 nitrogen and oxygen atoms in total. The summed E-state index contributed by atoms with van der Waals surface area (Å²) in [5.74, 6) is 1.16. The highest BCUT2D eigenvalue weighted by Crippen LogP contribution is 2.19. The summed E-state index contributed by atoms with van der Waals surface area (Å²) in [6.45, 7) is 3.94. The van der Waals surface area contributed by atoms with Gasteiger partial charge in [0.05, 0.1) is 18.1 Å². The SMILES string of the molecule is COc1cccc(C(=O)N2CCN(CCOc3cccc([N+](=O)[O-])c3)CC2)c1. The second-order valence-corrected chi connectivity index (χ2v) is 6.47. The maximum absolute atomic E-state index is 12.6. The average Bonchev–Trinajstić information content (AvgIpc) is 2.74. The van der Waals surface area contributed by atoms with Crippen molar-refractivity contribution in [1.29, 1.82) is 0 Å². The lowest BCUT2D eigenvalue weighted by Gasteiger charge is -2.34. The molecule has 3 rings (SSSR count). The molecule has 1 amide bonds. The highest BCUT2D eigenvalue weighted by Gasteiger charge is 2.22. The zero-order chi connectivity index (χ0) is 19.9. The zero-order valence-electron chi connectivity index (χ0n) is 15.7. The summed E-state index contributed by atoms with van der Waals surface area (Å²) >= 11 is 0. The molecule has 1 saturated heterocycles. The van der Waals surface area contributed by atoms with Gasteiger partial charge in [-0.2, -0.15) is 0 Å². The Balaban J connectivity index is 1.44. The van der Waals surface area contributed by atoms with Crippen LogP contribution in [0.15, 0.2) is 48.5 Å². The first-order chi connectivity index (χ1) is 13.6. The topological polar surface area (TPSA) is 85.2 Å². The van der Waals surface area contributed by atoms with Crippen molar-refractivity contribution in [2.24, 2.45) is 0 Å². The number of nitrogens with zero attached hydrogens (tertiary/aromatic N) is 3. The standard InChI is InChI=1S/C20H23N3O5/c1-27-18-6-2-4-16(14-18)20(24)22-10-8-21(9-11-22)12-13-28-19-7-3-5-17(15-19)23(25)26/h2-7,14-15H,8-13H2,1H3. The van der Waals surface area contributed by atoms with Crippen LogP contribution in [0.3, 0.4) is 0 Å². The molecule has 28 heavy (non-hydrogen) atoms. The molecular weight excluding hydrogens is 362 g/mol. The minimum Gasteiger partial charge on any atom is -0.497 e. The number of ether oxygens (including phenoxy) is 2. The van der Waals surface area contributed by atoms with Crippen LogP contribution in [0.2, 0.25) is 0 Å². The number of non-ortho nitro benzene ring substituents is 1. The molecule has 0 atom stereocenters. The largest absolute Gasteiger partial charge is 0.497 e.